The van der Waals surface area contributed by atoms with Crippen molar-refractivity contribution in [1.29, 1.82) is 0 Å². The third kappa shape index (κ3) is 2.74. The quantitative estimate of drug-likeness (QED) is 0.867. The van der Waals surface area contributed by atoms with Gasteiger partial charge in [0.25, 0.3) is 0 Å². The number of nitrogens with zero attached hydrogens (tertiary/aromatic N) is 4. The molecule has 22 heavy (non-hydrogen) atoms. The molecule has 8 heteroatoms. The fourth-order valence-corrected chi connectivity index (χ4v) is 2.71. The number of aryl methyl sites for hydroxylation is 2. The van der Waals surface area contributed by atoms with Crippen molar-refractivity contribution in [1.82, 2.24) is 25.0 Å². The van der Waals surface area contributed by atoms with Gasteiger partial charge in [-0.1, -0.05) is 6.92 Å². The molecule has 2 N–H and O–H groups in total. The summed E-state index contributed by atoms with van der Waals surface area (Å²) in [5.41, 5.74) is 0.935. The van der Waals surface area contributed by atoms with E-state index < -0.39 is 0 Å². The van der Waals surface area contributed by atoms with Crippen LogP contribution in [0, 0.1) is 5.92 Å². The average molecular weight is 304 g/mol. The van der Waals surface area contributed by atoms with Crippen molar-refractivity contribution < 1.29 is 9.53 Å². The largest absolute Gasteiger partial charge is 0.371 e. The second kappa shape index (κ2) is 6.27. The molecule has 0 aliphatic carbocycles. The molecule has 0 spiro atoms. The van der Waals surface area contributed by atoms with Crippen molar-refractivity contribution in [2.45, 2.75) is 39.3 Å². The minimum Gasteiger partial charge on any atom is -0.371 e. The van der Waals surface area contributed by atoms with Gasteiger partial charge in [-0.3, -0.25) is 19.9 Å². The van der Waals surface area contributed by atoms with Crippen molar-refractivity contribution in [3.8, 4) is 0 Å². The van der Waals surface area contributed by atoms with Gasteiger partial charge in [0.1, 0.15) is 11.9 Å². The lowest BCUT2D eigenvalue weighted by atomic mass is 9.98. The van der Waals surface area contributed by atoms with Crippen LogP contribution in [-0.2, 0) is 22.5 Å². The van der Waals surface area contributed by atoms with Crippen LogP contribution in [-0.4, -0.2) is 37.5 Å². The molecule has 0 aromatic carbocycles. The van der Waals surface area contributed by atoms with Gasteiger partial charge in [0.2, 0.25) is 11.9 Å². The molecule has 2 aromatic rings. The summed E-state index contributed by atoms with van der Waals surface area (Å²) in [4.78, 5) is 16.7. The molecule has 0 radical (unpaired) electrons. The van der Waals surface area contributed by atoms with Crippen molar-refractivity contribution >= 4 is 11.9 Å². The smallest absolute Gasteiger partial charge is 0.248 e. The van der Waals surface area contributed by atoms with Gasteiger partial charge >= 0.3 is 0 Å². The minimum absolute atomic E-state index is 0.118. The maximum atomic E-state index is 12.5. The van der Waals surface area contributed by atoms with Crippen LogP contribution in [0.1, 0.15) is 37.9 Å². The van der Waals surface area contributed by atoms with E-state index in [1.165, 1.54) is 0 Å². The van der Waals surface area contributed by atoms with Crippen molar-refractivity contribution in [2.75, 3.05) is 11.9 Å². The Morgan fingerprint density at radius 3 is 3.14 bits per heavy atom. The number of anilines is 1. The highest BCUT2D eigenvalue weighted by Gasteiger charge is 2.37. The van der Waals surface area contributed by atoms with E-state index >= 15 is 0 Å². The third-order valence-electron chi connectivity index (χ3n) is 3.87. The van der Waals surface area contributed by atoms with Crippen LogP contribution in [0.2, 0.25) is 0 Å². The molecular weight excluding hydrogens is 284 g/mol. The van der Waals surface area contributed by atoms with Crippen molar-refractivity contribution in [3.05, 3.63) is 23.8 Å². The fourth-order valence-electron chi connectivity index (χ4n) is 2.71. The van der Waals surface area contributed by atoms with Crippen LogP contribution in [0.3, 0.4) is 0 Å². The molecule has 0 saturated carbocycles. The van der Waals surface area contributed by atoms with E-state index in [0.717, 1.165) is 24.5 Å². The van der Waals surface area contributed by atoms with E-state index in [1.54, 1.807) is 6.20 Å². The van der Waals surface area contributed by atoms with E-state index in [1.807, 2.05) is 24.6 Å². The summed E-state index contributed by atoms with van der Waals surface area (Å²) in [6, 6.07) is 1.90. The Labute approximate surface area is 128 Å². The fraction of sp³-hybridized carbons (Fsp3) is 0.571. The molecule has 1 fully saturated rings. The molecule has 8 nitrogen and oxygen atoms in total. The van der Waals surface area contributed by atoms with E-state index in [4.69, 9.17) is 4.74 Å². The Bertz CT molecular complexity index is 649. The maximum absolute atomic E-state index is 12.5. The van der Waals surface area contributed by atoms with Gasteiger partial charge in [-0.25, -0.2) is 0 Å². The highest BCUT2D eigenvalue weighted by molar-refractivity contribution is 5.91. The molecule has 1 aliphatic heterocycles. The zero-order valence-corrected chi connectivity index (χ0v) is 12.7. The van der Waals surface area contributed by atoms with Gasteiger partial charge < -0.3 is 4.74 Å². The zero-order chi connectivity index (χ0) is 15.5. The number of hydrogen-bond donors (Lipinski definition) is 2. The molecule has 1 aliphatic rings. The molecule has 118 valence electrons. The van der Waals surface area contributed by atoms with Gasteiger partial charge in [0.15, 0.2) is 0 Å². The number of amides is 1. The Kier molecular flexibility index (Phi) is 4.19. The van der Waals surface area contributed by atoms with Crippen LogP contribution in [0.4, 0.5) is 5.95 Å². The first-order valence-corrected chi connectivity index (χ1v) is 7.58. The van der Waals surface area contributed by atoms with Gasteiger partial charge in [-0.15, -0.1) is 5.10 Å². The number of aromatic nitrogens is 5. The first kappa shape index (κ1) is 14.7. The summed E-state index contributed by atoms with van der Waals surface area (Å²) >= 11 is 0. The second-order valence-electron chi connectivity index (χ2n) is 5.21. The van der Waals surface area contributed by atoms with Gasteiger partial charge in [0, 0.05) is 25.8 Å². The molecule has 0 unspecified atom stereocenters. The average Bonchev–Trinajstić information content (AvgIpc) is 3.25. The SMILES string of the molecule is CCc1nc(NC(=O)[C@@H]2CCO[C@H]2c2ccnn2CC)n[nH]1. The Morgan fingerprint density at radius 2 is 2.41 bits per heavy atom. The van der Waals surface area contributed by atoms with E-state index in [9.17, 15) is 4.79 Å². The summed E-state index contributed by atoms with van der Waals surface area (Å²) in [6.07, 6.45) is 2.88. The first-order chi connectivity index (χ1) is 10.7. The zero-order valence-electron chi connectivity index (χ0n) is 12.7. The Morgan fingerprint density at radius 1 is 1.55 bits per heavy atom. The summed E-state index contributed by atoms with van der Waals surface area (Å²) < 4.78 is 7.63. The van der Waals surface area contributed by atoms with Crippen molar-refractivity contribution in [2.24, 2.45) is 5.92 Å². The van der Waals surface area contributed by atoms with Crippen LogP contribution < -0.4 is 5.32 Å². The number of rotatable bonds is 5. The van der Waals surface area contributed by atoms with Crippen LogP contribution >= 0.6 is 0 Å². The number of nitrogens with one attached hydrogen (secondary N) is 2. The maximum Gasteiger partial charge on any atom is 0.248 e. The minimum atomic E-state index is -0.271. The number of carbonyl (C=O) groups excluding carboxylic acids is 1. The predicted octanol–water partition coefficient (Wildman–Crippen LogP) is 1.30. The lowest BCUT2D eigenvalue weighted by Crippen LogP contribution is -2.27. The Balaban J connectivity index is 1.73. The molecule has 2 aromatic heterocycles. The number of hydrogen-bond acceptors (Lipinski definition) is 5. The van der Waals surface area contributed by atoms with Gasteiger partial charge in [0.05, 0.1) is 11.6 Å². The topological polar surface area (TPSA) is 97.7 Å². The number of ether oxygens (including phenoxy) is 1. The number of H-pyrrole nitrogens is 1. The van der Waals surface area contributed by atoms with Crippen LogP contribution in [0.5, 0.6) is 0 Å². The molecule has 2 atom stereocenters. The monoisotopic (exact) mass is 304 g/mol. The normalized spacial score (nSPS) is 21.2. The summed E-state index contributed by atoms with van der Waals surface area (Å²) in [7, 11) is 0. The number of aromatic amines is 1. The highest BCUT2D eigenvalue weighted by Crippen LogP contribution is 2.35. The lowest BCUT2D eigenvalue weighted by Gasteiger charge is -2.18. The summed E-state index contributed by atoms with van der Waals surface area (Å²) in [6.45, 7) is 5.29. The van der Waals surface area contributed by atoms with Crippen LogP contribution in [0.15, 0.2) is 12.3 Å². The molecule has 1 amide bonds. The van der Waals surface area contributed by atoms with Gasteiger partial charge in [-0.2, -0.15) is 10.1 Å². The number of carbonyl (C=O) groups is 1. The van der Waals surface area contributed by atoms with Crippen molar-refractivity contribution in [3.63, 3.8) is 0 Å². The molecule has 0 bridgehead atoms. The lowest BCUT2D eigenvalue weighted by molar-refractivity contribution is -0.121. The standard InChI is InChI=1S/C14H20N6O2/c1-3-11-16-14(19-18-11)17-13(21)9-6-8-22-12(9)10-5-7-15-20(10)4-2/h5,7,9,12H,3-4,6,8H2,1-2H3,(H2,16,17,18,19,21)/t9-,12-/m1/s1. The molecular formula is C14H20N6O2. The second-order valence-corrected chi connectivity index (χ2v) is 5.21. The predicted molar refractivity (Wildman–Crippen MR) is 79.1 cm³/mol. The van der Waals surface area contributed by atoms with Gasteiger partial charge in [-0.05, 0) is 19.4 Å². The summed E-state index contributed by atoms with van der Waals surface area (Å²) in [5, 5.41) is 13.8. The van der Waals surface area contributed by atoms with Crippen LogP contribution in [0.25, 0.3) is 0 Å². The van der Waals surface area contributed by atoms with E-state index in [0.29, 0.717) is 19.0 Å². The Hall–Kier alpha value is -2.22. The third-order valence-corrected chi connectivity index (χ3v) is 3.87. The van der Waals surface area contributed by atoms with E-state index in [2.05, 4.69) is 25.6 Å². The first-order valence-electron chi connectivity index (χ1n) is 7.58. The summed E-state index contributed by atoms with van der Waals surface area (Å²) in [5.74, 6) is 0.689. The highest BCUT2D eigenvalue weighted by atomic mass is 16.5. The van der Waals surface area contributed by atoms with E-state index in [-0.39, 0.29) is 17.9 Å². The molecule has 1 saturated heterocycles. The molecule has 3 heterocycles. The molecule has 3 rings (SSSR count).